The molecule has 1 fully saturated rings. The summed E-state index contributed by atoms with van der Waals surface area (Å²) in [5, 5.41) is 0. The molecule has 1 aliphatic heterocycles. The van der Waals surface area contributed by atoms with Crippen LogP contribution in [0.1, 0.15) is 90.4 Å². The second-order valence-electron chi connectivity index (χ2n) is 7.85. The molecule has 0 amide bonds. The molecule has 0 aromatic carbocycles. The van der Waals surface area contributed by atoms with Crippen molar-refractivity contribution in [2.45, 2.75) is 115 Å². The van der Waals surface area contributed by atoms with E-state index in [0.29, 0.717) is 0 Å². The van der Waals surface area contributed by atoms with E-state index in [9.17, 15) is 0 Å². The van der Waals surface area contributed by atoms with Gasteiger partial charge in [0, 0.05) is 13.2 Å². The lowest BCUT2D eigenvalue weighted by Gasteiger charge is -2.36. The summed E-state index contributed by atoms with van der Waals surface area (Å²) in [6.45, 7) is 6.56. The molecule has 0 unspecified atom stereocenters. The molecule has 0 aromatic heterocycles. The first-order chi connectivity index (χ1) is 10.8. The maximum absolute atomic E-state index is 5.36. The Morgan fingerprint density at radius 1 is 0.682 bits per heavy atom. The molecule has 22 heavy (non-hydrogen) atoms. The minimum atomic E-state index is -0.610. The van der Waals surface area contributed by atoms with E-state index in [4.69, 9.17) is 4.74 Å². The Balaban J connectivity index is 1.66. The van der Waals surface area contributed by atoms with E-state index in [1.54, 1.807) is 31.0 Å². The minimum Gasteiger partial charge on any atom is -0.382 e. The van der Waals surface area contributed by atoms with Crippen molar-refractivity contribution in [1.29, 1.82) is 0 Å². The van der Waals surface area contributed by atoms with Crippen molar-refractivity contribution in [1.82, 2.24) is 0 Å². The van der Waals surface area contributed by atoms with Crippen LogP contribution < -0.4 is 0 Å². The van der Waals surface area contributed by atoms with Crippen molar-refractivity contribution in [3.05, 3.63) is 0 Å². The second kappa shape index (κ2) is 13.6. The van der Waals surface area contributed by atoms with E-state index in [0.717, 1.165) is 13.2 Å². The van der Waals surface area contributed by atoms with Crippen LogP contribution in [-0.4, -0.2) is 21.3 Å². The van der Waals surface area contributed by atoms with Gasteiger partial charge in [-0.1, -0.05) is 102 Å². The van der Waals surface area contributed by atoms with Gasteiger partial charge in [0.05, 0.1) is 8.07 Å². The van der Waals surface area contributed by atoms with E-state index in [2.05, 4.69) is 13.5 Å². The van der Waals surface area contributed by atoms with Crippen molar-refractivity contribution < 1.29 is 4.74 Å². The Bertz CT molecular complexity index is 238. The lowest BCUT2D eigenvalue weighted by Crippen LogP contribution is -2.37. The normalized spacial score (nSPS) is 16.6. The first-order valence-corrected chi connectivity index (χ1v) is 13.5. The van der Waals surface area contributed by atoms with Gasteiger partial charge in [-0.3, -0.25) is 0 Å². The van der Waals surface area contributed by atoms with Gasteiger partial charge in [-0.15, -0.1) is 0 Å². The lowest BCUT2D eigenvalue weighted by atomic mass is 10.1. The number of hydrogen-bond donors (Lipinski definition) is 0. The molecule has 1 heterocycles. The predicted octanol–water partition coefficient (Wildman–Crippen LogP) is 7.19. The number of hydrogen-bond acceptors (Lipinski definition) is 1. The summed E-state index contributed by atoms with van der Waals surface area (Å²) in [5.74, 6) is 0. The average molecular weight is 327 g/mol. The summed E-state index contributed by atoms with van der Waals surface area (Å²) in [6.07, 6.45) is 19.0. The fraction of sp³-hybridized carbons (Fsp3) is 1.00. The highest BCUT2D eigenvalue weighted by Crippen LogP contribution is 2.36. The molecule has 0 bridgehead atoms. The fourth-order valence-electron chi connectivity index (χ4n) is 3.70. The fourth-order valence-corrected chi connectivity index (χ4v) is 6.86. The number of unbranched alkanes of at least 4 members (excludes halogenated alkanes) is 11. The molecule has 0 aromatic rings. The topological polar surface area (TPSA) is 9.23 Å². The second-order valence-corrected chi connectivity index (χ2v) is 13.0. The Morgan fingerprint density at radius 3 is 1.55 bits per heavy atom. The summed E-state index contributed by atoms with van der Waals surface area (Å²) in [6, 6.07) is 4.91. The molecular formula is C20H42OSi. The molecule has 0 saturated carbocycles. The SMILES string of the molecule is CCOCCCCCCCCCCCCCC[Si]1(C)CCC1. The van der Waals surface area contributed by atoms with E-state index in [-0.39, 0.29) is 0 Å². The largest absolute Gasteiger partial charge is 0.382 e. The van der Waals surface area contributed by atoms with Gasteiger partial charge in [0.15, 0.2) is 0 Å². The van der Waals surface area contributed by atoms with E-state index < -0.39 is 8.07 Å². The highest BCUT2D eigenvalue weighted by atomic mass is 28.3. The van der Waals surface area contributed by atoms with Gasteiger partial charge in [0.25, 0.3) is 0 Å². The van der Waals surface area contributed by atoms with Crippen LogP contribution in [0.25, 0.3) is 0 Å². The monoisotopic (exact) mass is 326 g/mol. The van der Waals surface area contributed by atoms with Gasteiger partial charge in [-0.05, 0) is 13.3 Å². The van der Waals surface area contributed by atoms with Crippen LogP contribution in [0.2, 0.25) is 24.7 Å². The highest BCUT2D eigenvalue weighted by Gasteiger charge is 2.32. The zero-order valence-corrected chi connectivity index (χ0v) is 16.6. The van der Waals surface area contributed by atoms with Crippen LogP contribution in [-0.2, 0) is 4.74 Å². The molecule has 2 heteroatoms. The van der Waals surface area contributed by atoms with Crippen molar-refractivity contribution in [3.8, 4) is 0 Å². The molecule has 1 nitrogen and oxygen atoms in total. The average Bonchev–Trinajstić information content (AvgIpc) is 2.49. The van der Waals surface area contributed by atoms with Gasteiger partial charge in [0.1, 0.15) is 0 Å². The Morgan fingerprint density at radius 2 is 1.14 bits per heavy atom. The summed E-state index contributed by atoms with van der Waals surface area (Å²) in [5.41, 5.74) is 0. The van der Waals surface area contributed by atoms with Gasteiger partial charge >= 0.3 is 0 Å². The molecule has 0 N–H and O–H groups in total. The number of ether oxygens (including phenoxy) is 1. The quantitative estimate of drug-likeness (QED) is 0.215. The van der Waals surface area contributed by atoms with Gasteiger partial charge < -0.3 is 4.74 Å². The van der Waals surface area contributed by atoms with Crippen molar-refractivity contribution >= 4 is 8.07 Å². The first-order valence-electron chi connectivity index (χ1n) is 10.3. The third kappa shape index (κ3) is 10.8. The van der Waals surface area contributed by atoms with E-state index in [1.807, 2.05) is 0 Å². The standard InChI is InChI=1S/C20H42OSi/c1-3-21-17-14-12-10-8-6-4-5-7-9-11-13-15-18-22(2)19-16-20-22/h3-20H2,1-2H3. The molecule has 0 spiro atoms. The molecule has 1 aliphatic rings. The van der Waals surface area contributed by atoms with E-state index in [1.165, 1.54) is 70.6 Å². The van der Waals surface area contributed by atoms with Crippen LogP contribution in [0.15, 0.2) is 0 Å². The van der Waals surface area contributed by atoms with Crippen LogP contribution in [0.5, 0.6) is 0 Å². The summed E-state index contributed by atoms with van der Waals surface area (Å²) < 4.78 is 5.36. The summed E-state index contributed by atoms with van der Waals surface area (Å²) in [7, 11) is -0.610. The van der Waals surface area contributed by atoms with Crippen LogP contribution in [0.4, 0.5) is 0 Å². The Labute approximate surface area is 141 Å². The zero-order chi connectivity index (χ0) is 15.9. The molecule has 132 valence electrons. The smallest absolute Gasteiger partial charge is 0.0504 e. The van der Waals surface area contributed by atoms with E-state index >= 15 is 0 Å². The lowest BCUT2D eigenvalue weighted by molar-refractivity contribution is 0.143. The maximum Gasteiger partial charge on any atom is 0.0504 e. The number of rotatable bonds is 16. The Kier molecular flexibility index (Phi) is 12.5. The highest BCUT2D eigenvalue weighted by molar-refractivity contribution is 6.81. The van der Waals surface area contributed by atoms with Crippen LogP contribution >= 0.6 is 0 Å². The van der Waals surface area contributed by atoms with Crippen LogP contribution in [0, 0.1) is 0 Å². The summed E-state index contributed by atoms with van der Waals surface area (Å²) >= 11 is 0. The molecule has 1 saturated heterocycles. The van der Waals surface area contributed by atoms with Gasteiger partial charge in [-0.2, -0.15) is 0 Å². The third-order valence-electron chi connectivity index (χ3n) is 5.58. The van der Waals surface area contributed by atoms with Crippen LogP contribution in [0.3, 0.4) is 0 Å². The van der Waals surface area contributed by atoms with Gasteiger partial charge in [-0.25, -0.2) is 0 Å². The molecule has 0 atom stereocenters. The first kappa shape index (κ1) is 20.2. The minimum absolute atomic E-state index is 0.610. The summed E-state index contributed by atoms with van der Waals surface area (Å²) in [4.78, 5) is 0. The zero-order valence-electron chi connectivity index (χ0n) is 15.6. The maximum atomic E-state index is 5.36. The molecule has 0 radical (unpaired) electrons. The van der Waals surface area contributed by atoms with Gasteiger partial charge in [0.2, 0.25) is 0 Å². The predicted molar refractivity (Wildman–Crippen MR) is 103 cm³/mol. The third-order valence-corrected chi connectivity index (χ3v) is 10.3. The van der Waals surface area contributed by atoms with Crippen molar-refractivity contribution in [3.63, 3.8) is 0 Å². The molecule has 1 rings (SSSR count). The van der Waals surface area contributed by atoms with Crippen molar-refractivity contribution in [2.24, 2.45) is 0 Å². The Hall–Kier alpha value is 0.177. The molecular weight excluding hydrogens is 284 g/mol. The van der Waals surface area contributed by atoms with Crippen molar-refractivity contribution in [2.75, 3.05) is 13.2 Å². The molecule has 0 aliphatic carbocycles.